The summed E-state index contributed by atoms with van der Waals surface area (Å²) in [5.74, 6) is 0.817. The van der Waals surface area contributed by atoms with E-state index in [-0.39, 0.29) is 10.9 Å². The highest BCUT2D eigenvalue weighted by Gasteiger charge is 2.24. The van der Waals surface area contributed by atoms with E-state index < -0.39 is 9.84 Å². The highest BCUT2D eigenvalue weighted by Crippen LogP contribution is 2.20. The van der Waals surface area contributed by atoms with Gasteiger partial charge in [0.2, 0.25) is 9.84 Å². The van der Waals surface area contributed by atoms with Crippen LogP contribution in [0.15, 0.2) is 11.2 Å². The lowest BCUT2D eigenvalue weighted by Crippen LogP contribution is -2.19. The molecular weight excluding hydrogens is 304 g/mol. The van der Waals surface area contributed by atoms with Crippen LogP contribution in [0.5, 0.6) is 0 Å². The molecule has 3 heterocycles. The van der Waals surface area contributed by atoms with Crippen LogP contribution in [0.2, 0.25) is 0 Å². The Hall–Kier alpha value is -1.54. The van der Waals surface area contributed by atoms with Gasteiger partial charge in [0.15, 0.2) is 0 Å². The van der Waals surface area contributed by atoms with Crippen molar-refractivity contribution in [2.45, 2.75) is 38.3 Å². The Kier molecular flexibility index (Phi) is 4.14. The summed E-state index contributed by atoms with van der Waals surface area (Å²) in [6.45, 7) is 5.15. The molecule has 0 aliphatic carbocycles. The molecule has 0 saturated carbocycles. The largest absolute Gasteiger partial charge is 0.381 e. The van der Waals surface area contributed by atoms with Crippen LogP contribution < -0.4 is 0 Å². The van der Waals surface area contributed by atoms with Gasteiger partial charge in [-0.3, -0.25) is 0 Å². The Morgan fingerprint density at radius 1 is 1.27 bits per heavy atom. The van der Waals surface area contributed by atoms with E-state index in [1.54, 1.807) is 0 Å². The molecule has 1 aliphatic rings. The van der Waals surface area contributed by atoms with E-state index in [2.05, 4.69) is 15.1 Å². The Bertz CT molecular complexity index is 779. The normalized spacial score (nSPS) is 17.2. The summed E-state index contributed by atoms with van der Waals surface area (Å²) in [5, 5.41) is 3.99. The number of hydrogen-bond acceptors (Lipinski definition) is 6. The number of fused-ring (bicyclic) bond motifs is 1. The zero-order valence-electron chi connectivity index (χ0n) is 12.8. The average Bonchev–Trinajstić information content (AvgIpc) is 2.91. The van der Waals surface area contributed by atoms with Crippen molar-refractivity contribution in [1.82, 2.24) is 19.6 Å². The summed E-state index contributed by atoms with van der Waals surface area (Å²) < 4.78 is 31.7. The van der Waals surface area contributed by atoms with E-state index in [1.807, 2.05) is 19.9 Å². The van der Waals surface area contributed by atoms with Crippen LogP contribution in [-0.2, 0) is 14.6 Å². The zero-order valence-corrected chi connectivity index (χ0v) is 13.6. The Balaban J connectivity index is 1.81. The fourth-order valence-electron chi connectivity index (χ4n) is 2.73. The van der Waals surface area contributed by atoms with Crippen LogP contribution >= 0.6 is 0 Å². The molecule has 1 saturated heterocycles. The second kappa shape index (κ2) is 5.92. The summed E-state index contributed by atoms with van der Waals surface area (Å²) in [4.78, 5) is 8.33. The van der Waals surface area contributed by atoms with Crippen molar-refractivity contribution in [3.63, 3.8) is 0 Å². The monoisotopic (exact) mass is 324 g/mol. The van der Waals surface area contributed by atoms with Crippen molar-refractivity contribution < 1.29 is 13.2 Å². The third-order valence-electron chi connectivity index (χ3n) is 4.01. The SMILES string of the molecule is Cc1cc(C)n2nc(S(=O)(=O)CCC3CCOCC3)nc2n1. The van der Waals surface area contributed by atoms with E-state index >= 15 is 0 Å². The van der Waals surface area contributed by atoms with Gasteiger partial charge >= 0.3 is 0 Å². The standard InChI is InChI=1S/C14H20N4O3S/c1-10-9-11(2)18-13(15-10)16-14(17-18)22(19,20)8-5-12-3-6-21-7-4-12/h9,12H,3-8H2,1-2H3. The summed E-state index contributed by atoms with van der Waals surface area (Å²) in [7, 11) is -3.47. The quantitative estimate of drug-likeness (QED) is 0.843. The molecule has 0 bridgehead atoms. The maximum absolute atomic E-state index is 12.4. The molecule has 0 radical (unpaired) electrons. The van der Waals surface area contributed by atoms with E-state index in [0.717, 1.165) is 37.4 Å². The molecule has 3 rings (SSSR count). The van der Waals surface area contributed by atoms with Gasteiger partial charge in [0.1, 0.15) is 0 Å². The molecule has 2 aromatic rings. The maximum Gasteiger partial charge on any atom is 0.269 e. The minimum atomic E-state index is -3.47. The lowest BCUT2D eigenvalue weighted by molar-refractivity contribution is 0.0655. The molecule has 22 heavy (non-hydrogen) atoms. The lowest BCUT2D eigenvalue weighted by atomic mass is 9.98. The lowest BCUT2D eigenvalue weighted by Gasteiger charge is -2.21. The van der Waals surface area contributed by atoms with Crippen molar-refractivity contribution in [2.75, 3.05) is 19.0 Å². The first-order valence-corrected chi connectivity index (χ1v) is 9.12. The van der Waals surface area contributed by atoms with E-state index in [0.29, 0.717) is 18.1 Å². The Morgan fingerprint density at radius 2 is 2.00 bits per heavy atom. The fraction of sp³-hybridized carbons (Fsp3) is 0.643. The molecule has 0 amide bonds. The summed E-state index contributed by atoms with van der Waals surface area (Å²) in [6.07, 6.45) is 2.48. The minimum Gasteiger partial charge on any atom is -0.381 e. The first-order chi connectivity index (χ1) is 10.5. The van der Waals surface area contributed by atoms with Crippen LogP contribution in [0, 0.1) is 19.8 Å². The van der Waals surface area contributed by atoms with Gasteiger partial charge in [0, 0.05) is 24.6 Å². The van der Waals surface area contributed by atoms with Gasteiger partial charge in [-0.25, -0.2) is 17.9 Å². The van der Waals surface area contributed by atoms with Gasteiger partial charge in [-0.05, 0) is 45.1 Å². The summed E-state index contributed by atoms with van der Waals surface area (Å²) in [5.41, 5.74) is 1.62. The number of ether oxygens (including phenoxy) is 1. The van der Waals surface area contributed by atoms with Crippen molar-refractivity contribution in [3.8, 4) is 0 Å². The molecule has 1 fully saturated rings. The van der Waals surface area contributed by atoms with Gasteiger partial charge in [0.05, 0.1) is 5.75 Å². The minimum absolute atomic E-state index is 0.0760. The van der Waals surface area contributed by atoms with Gasteiger partial charge in [0.25, 0.3) is 10.9 Å². The van der Waals surface area contributed by atoms with Crippen LogP contribution in [0.1, 0.15) is 30.7 Å². The Morgan fingerprint density at radius 3 is 2.73 bits per heavy atom. The predicted octanol–water partition coefficient (Wildman–Crippen LogP) is 1.33. The van der Waals surface area contributed by atoms with Crippen molar-refractivity contribution >= 4 is 15.6 Å². The fourth-order valence-corrected chi connectivity index (χ4v) is 3.98. The van der Waals surface area contributed by atoms with Crippen LogP contribution in [0.3, 0.4) is 0 Å². The van der Waals surface area contributed by atoms with Crippen LogP contribution in [0.4, 0.5) is 0 Å². The Labute approximate surface area is 129 Å². The molecule has 8 heteroatoms. The molecule has 0 atom stereocenters. The van der Waals surface area contributed by atoms with Crippen molar-refractivity contribution in [1.29, 1.82) is 0 Å². The molecular formula is C14H20N4O3S. The van der Waals surface area contributed by atoms with Gasteiger partial charge < -0.3 is 4.74 Å². The van der Waals surface area contributed by atoms with Crippen molar-refractivity contribution in [3.05, 3.63) is 17.5 Å². The number of rotatable bonds is 4. The number of nitrogens with zero attached hydrogens (tertiary/aromatic N) is 4. The average molecular weight is 324 g/mol. The first-order valence-electron chi connectivity index (χ1n) is 7.47. The van der Waals surface area contributed by atoms with E-state index in [4.69, 9.17) is 4.74 Å². The molecule has 0 unspecified atom stereocenters. The van der Waals surface area contributed by atoms with E-state index in [9.17, 15) is 8.42 Å². The molecule has 0 N–H and O–H groups in total. The topological polar surface area (TPSA) is 86.5 Å². The third kappa shape index (κ3) is 3.12. The van der Waals surface area contributed by atoms with Gasteiger partial charge in [-0.2, -0.15) is 4.98 Å². The summed E-state index contributed by atoms with van der Waals surface area (Å²) >= 11 is 0. The molecule has 1 aliphatic heterocycles. The van der Waals surface area contributed by atoms with Gasteiger partial charge in [-0.1, -0.05) is 0 Å². The second-order valence-electron chi connectivity index (χ2n) is 5.81. The smallest absolute Gasteiger partial charge is 0.269 e. The maximum atomic E-state index is 12.4. The third-order valence-corrected chi connectivity index (χ3v) is 5.52. The molecule has 120 valence electrons. The number of sulfone groups is 1. The van der Waals surface area contributed by atoms with Gasteiger partial charge in [-0.15, -0.1) is 5.10 Å². The highest BCUT2D eigenvalue weighted by atomic mass is 32.2. The number of aryl methyl sites for hydroxylation is 2. The molecule has 2 aromatic heterocycles. The first kappa shape index (κ1) is 15.4. The number of aromatic nitrogens is 4. The summed E-state index contributed by atoms with van der Waals surface area (Å²) in [6, 6.07) is 1.85. The molecule has 7 nitrogen and oxygen atoms in total. The van der Waals surface area contributed by atoms with Crippen molar-refractivity contribution in [2.24, 2.45) is 5.92 Å². The highest BCUT2D eigenvalue weighted by molar-refractivity contribution is 7.91. The predicted molar refractivity (Wildman–Crippen MR) is 80.5 cm³/mol. The van der Waals surface area contributed by atoms with Crippen LogP contribution in [-0.4, -0.2) is 47.0 Å². The zero-order chi connectivity index (χ0) is 15.7. The number of hydrogen-bond donors (Lipinski definition) is 0. The molecule has 0 spiro atoms. The van der Waals surface area contributed by atoms with Crippen LogP contribution in [0.25, 0.3) is 5.78 Å². The second-order valence-corrected chi connectivity index (χ2v) is 7.81. The molecule has 0 aromatic carbocycles. The van der Waals surface area contributed by atoms with E-state index in [1.165, 1.54) is 4.52 Å².